The molecule has 2 unspecified atom stereocenters. The van der Waals surface area contributed by atoms with Gasteiger partial charge in [-0.05, 0) is 31.9 Å². The van der Waals surface area contributed by atoms with Crippen LogP contribution in [-0.2, 0) is 10.1 Å². The summed E-state index contributed by atoms with van der Waals surface area (Å²) in [5.74, 6) is 0.635. The Morgan fingerprint density at radius 3 is 2.13 bits per heavy atom. The highest BCUT2D eigenvalue weighted by Crippen LogP contribution is 2.20. The van der Waals surface area contributed by atoms with Crippen molar-refractivity contribution in [3.63, 3.8) is 0 Å². The Balaban J connectivity index is 2.48. The third-order valence-corrected chi connectivity index (χ3v) is 5.36. The maximum atomic E-state index is 11.4. The Labute approximate surface area is 141 Å². The molecule has 0 radical (unpaired) electrons. The van der Waals surface area contributed by atoms with Crippen molar-refractivity contribution in [2.45, 2.75) is 76.6 Å². The Kier molecular flexibility index (Phi) is 9.26. The fourth-order valence-electron chi connectivity index (χ4n) is 2.56. The summed E-state index contributed by atoms with van der Waals surface area (Å²) in [5, 5.41) is -0.928. The van der Waals surface area contributed by atoms with Crippen LogP contribution >= 0.6 is 0 Å². The first-order valence-electron chi connectivity index (χ1n) is 8.63. The average Bonchev–Trinajstić information content (AvgIpc) is 2.52. The number of hydrogen-bond donors (Lipinski definition) is 1. The first kappa shape index (κ1) is 20.0. The molecule has 0 aliphatic heterocycles. The average molecular weight is 343 g/mol. The van der Waals surface area contributed by atoms with E-state index >= 15 is 0 Å². The molecule has 0 aliphatic carbocycles. The lowest BCUT2D eigenvalue weighted by Gasteiger charge is -2.23. The van der Waals surface area contributed by atoms with Crippen molar-refractivity contribution in [2.24, 2.45) is 0 Å². The van der Waals surface area contributed by atoms with Crippen LogP contribution < -0.4 is 4.74 Å². The van der Waals surface area contributed by atoms with Gasteiger partial charge in [0, 0.05) is 0 Å². The number of unbranched alkanes of at least 4 members (excludes halogenated alkanes) is 6. The fourth-order valence-corrected chi connectivity index (χ4v) is 3.13. The Hall–Kier alpha value is -1.07. The molecule has 5 heteroatoms. The first-order chi connectivity index (χ1) is 10.9. The lowest BCUT2D eigenvalue weighted by Crippen LogP contribution is -2.35. The molecule has 0 fully saturated rings. The minimum atomic E-state index is -4.10. The molecule has 2 atom stereocenters. The van der Waals surface area contributed by atoms with Crippen LogP contribution in [0, 0.1) is 0 Å². The van der Waals surface area contributed by atoms with E-state index in [2.05, 4.69) is 6.92 Å². The van der Waals surface area contributed by atoms with Crippen molar-refractivity contribution in [1.82, 2.24) is 0 Å². The van der Waals surface area contributed by atoms with E-state index < -0.39 is 21.5 Å². The topological polar surface area (TPSA) is 63.6 Å². The molecule has 0 saturated heterocycles. The molecule has 0 amide bonds. The monoisotopic (exact) mass is 342 g/mol. The smallest absolute Gasteiger partial charge is 0.271 e. The van der Waals surface area contributed by atoms with Crippen LogP contribution in [0.3, 0.4) is 0 Å². The molecular weight excluding hydrogens is 312 g/mol. The van der Waals surface area contributed by atoms with Crippen LogP contribution in [-0.4, -0.2) is 24.3 Å². The minimum Gasteiger partial charge on any atom is -0.489 e. The van der Waals surface area contributed by atoms with Gasteiger partial charge in [0.05, 0.1) is 0 Å². The summed E-state index contributed by atoms with van der Waals surface area (Å²) in [6, 6.07) is 9.17. The normalized spacial score (nSPS) is 14.4. The number of ether oxygens (including phenoxy) is 1. The number of benzene rings is 1. The van der Waals surface area contributed by atoms with Gasteiger partial charge in [-0.1, -0.05) is 63.6 Å². The molecule has 0 aliphatic rings. The standard InChI is InChI=1S/C18H30O4S/c1-3-4-5-6-7-8-12-15-18(16(2)23(19,20)21)22-17-13-10-9-11-14-17/h9-11,13-14,16,18H,3-8,12,15H2,1-2H3,(H,19,20,21). The molecule has 4 nitrogen and oxygen atoms in total. The lowest BCUT2D eigenvalue weighted by atomic mass is 10.0. The van der Waals surface area contributed by atoms with Crippen LogP contribution in [0.15, 0.2) is 30.3 Å². The molecule has 0 bridgehead atoms. The second-order valence-corrected chi connectivity index (χ2v) is 7.87. The summed E-state index contributed by atoms with van der Waals surface area (Å²) >= 11 is 0. The van der Waals surface area contributed by atoms with Crippen LogP contribution in [0.4, 0.5) is 0 Å². The van der Waals surface area contributed by atoms with Crippen LogP contribution in [0.1, 0.15) is 65.2 Å². The van der Waals surface area contributed by atoms with Gasteiger partial charge in [-0.3, -0.25) is 4.55 Å². The summed E-state index contributed by atoms with van der Waals surface area (Å²) in [4.78, 5) is 0. The Morgan fingerprint density at radius 2 is 1.57 bits per heavy atom. The van der Waals surface area contributed by atoms with E-state index in [1.165, 1.54) is 32.6 Å². The second-order valence-electron chi connectivity index (χ2n) is 6.10. The van der Waals surface area contributed by atoms with E-state index in [1.807, 2.05) is 18.2 Å². The van der Waals surface area contributed by atoms with Crippen molar-refractivity contribution in [3.05, 3.63) is 30.3 Å². The zero-order valence-electron chi connectivity index (χ0n) is 14.3. The van der Waals surface area contributed by atoms with Gasteiger partial charge in [0.25, 0.3) is 10.1 Å². The van der Waals surface area contributed by atoms with Gasteiger partial charge in [0.1, 0.15) is 17.1 Å². The summed E-state index contributed by atoms with van der Waals surface area (Å²) in [5.41, 5.74) is 0. The van der Waals surface area contributed by atoms with E-state index in [4.69, 9.17) is 4.74 Å². The molecule has 0 saturated carbocycles. The molecule has 132 valence electrons. The van der Waals surface area contributed by atoms with Crippen LogP contribution in [0.25, 0.3) is 0 Å². The maximum absolute atomic E-state index is 11.4. The number of para-hydroxylation sites is 1. The number of hydrogen-bond acceptors (Lipinski definition) is 3. The van der Waals surface area contributed by atoms with Crippen molar-refractivity contribution in [3.8, 4) is 5.75 Å². The van der Waals surface area contributed by atoms with Crippen LogP contribution in [0.5, 0.6) is 5.75 Å². The molecule has 1 aromatic carbocycles. The van der Waals surface area contributed by atoms with Crippen molar-refractivity contribution < 1.29 is 17.7 Å². The molecule has 1 rings (SSSR count). The van der Waals surface area contributed by atoms with Crippen molar-refractivity contribution in [2.75, 3.05) is 0 Å². The molecule has 23 heavy (non-hydrogen) atoms. The highest BCUT2D eigenvalue weighted by atomic mass is 32.2. The summed E-state index contributed by atoms with van der Waals surface area (Å²) in [7, 11) is -4.10. The quantitative estimate of drug-likeness (QED) is 0.435. The summed E-state index contributed by atoms with van der Waals surface area (Å²) in [6.07, 6.45) is 8.25. The van der Waals surface area contributed by atoms with Gasteiger partial charge in [-0.2, -0.15) is 8.42 Å². The highest BCUT2D eigenvalue weighted by Gasteiger charge is 2.29. The van der Waals surface area contributed by atoms with Gasteiger partial charge in [-0.25, -0.2) is 0 Å². The van der Waals surface area contributed by atoms with Gasteiger partial charge in [-0.15, -0.1) is 0 Å². The molecule has 0 spiro atoms. The predicted molar refractivity (Wildman–Crippen MR) is 94.5 cm³/mol. The zero-order chi connectivity index (χ0) is 17.1. The molecular formula is C18H30O4S. The SMILES string of the molecule is CCCCCCCCCC(Oc1ccccc1)C(C)S(=O)(=O)O. The maximum Gasteiger partial charge on any atom is 0.271 e. The van der Waals surface area contributed by atoms with Crippen molar-refractivity contribution in [1.29, 1.82) is 0 Å². The van der Waals surface area contributed by atoms with E-state index in [0.717, 1.165) is 19.3 Å². The molecule has 1 N–H and O–H groups in total. The molecule has 1 aromatic rings. The first-order valence-corrected chi connectivity index (χ1v) is 10.1. The largest absolute Gasteiger partial charge is 0.489 e. The minimum absolute atomic E-state index is 0.525. The van der Waals surface area contributed by atoms with E-state index in [9.17, 15) is 13.0 Å². The summed E-state index contributed by atoms with van der Waals surface area (Å²) < 4.78 is 38.0. The van der Waals surface area contributed by atoms with E-state index in [1.54, 1.807) is 12.1 Å². The zero-order valence-corrected chi connectivity index (χ0v) is 15.1. The Bertz CT molecular complexity index is 513. The third-order valence-electron chi connectivity index (χ3n) is 4.12. The summed E-state index contributed by atoms with van der Waals surface area (Å²) in [6.45, 7) is 3.70. The third kappa shape index (κ3) is 8.37. The van der Waals surface area contributed by atoms with Gasteiger partial charge in [0.2, 0.25) is 0 Å². The van der Waals surface area contributed by atoms with Crippen molar-refractivity contribution >= 4 is 10.1 Å². The molecule has 0 heterocycles. The van der Waals surface area contributed by atoms with Crippen LogP contribution in [0.2, 0.25) is 0 Å². The van der Waals surface area contributed by atoms with E-state index in [-0.39, 0.29) is 0 Å². The Morgan fingerprint density at radius 1 is 1.00 bits per heavy atom. The lowest BCUT2D eigenvalue weighted by molar-refractivity contribution is 0.181. The number of rotatable bonds is 12. The second kappa shape index (κ2) is 10.7. The highest BCUT2D eigenvalue weighted by molar-refractivity contribution is 7.86. The fraction of sp³-hybridized carbons (Fsp3) is 0.667. The van der Waals surface area contributed by atoms with E-state index in [0.29, 0.717) is 12.2 Å². The van der Waals surface area contributed by atoms with Gasteiger partial charge >= 0.3 is 0 Å². The molecule has 0 aromatic heterocycles. The van der Waals surface area contributed by atoms with Gasteiger partial charge in [0.15, 0.2) is 0 Å². The van der Waals surface area contributed by atoms with Gasteiger partial charge < -0.3 is 4.74 Å². The predicted octanol–water partition coefficient (Wildman–Crippen LogP) is 4.85.